The zero-order chi connectivity index (χ0) is 29.1. The summed E-state index contributed by atoms with van der Waals surface area (Å²) >= 11 is 0. The van der Waals surface area contributed by atoms with E-state index in [2.05, 4.69) is 19.6 Å². The maximum Gasteiger partial charge on any atom is 0.262 e. The summed E-state index contributed by atoms with van der Waals surface area (Å²) in [5.41, 5.74) is 3.43. The van der Waals surface area contributed by atoms with Crippen molar-refractivity contribution in [1.82, 2.24) is 24.7 Å². The lowest BCUT2D eigenvalue weighted by atomic mass is 9.98. The molecule has 5 rings (SSSR count). The molecule has 2 aromatic carbocycles. The maximum absolute atomic E-state index is 15.6. The number of nitrogens with zero attached hydrogens (tertiary/aromatic N) is 5. The number of aryl methyl sites for hydroxylation is 2. The van der Waals surface area contributed by atoms with E-state index in [9.17, 15) is 9.90 Å². The second-order valence-corrected chi connectivity index (χ2v) is 9.92. The van der Waals surface area contributed by atoms with Crippen molar-refractivity contribution >= 4 is 0 Å². The molecule has 41 heavy (non-hydrogen) atoms. The SMILES string of the molecule is CCCc1nc(C)c(-c2ccc(OC(C)C)nc2)c(=O)n1Cc1ccc(-c2ccccc2-c2noc([O-])n2)cc1F. The molecule has 3 heterocycles. The summed E-state index contributed by atoms with van der Waals surface area (Å²) in [5, 5.41) is 15.1. The first-order valence-corrected chi connectivity index (χ1v) is 13.4. The van der Waals surface area contributed by atoms with Crippen molar-refractivity contribution in [3.8, 4) is 45.6 Å². The van der Waals surface area contributed by atoms with Crippen molar-refractivity contribution in [2.24, 2.45) is 0 Å². The fraction of sp³-hybridized carbons (Fsp3) is 0.258. The Bertz CT molecular complexity index is 1740. The minimum Gasteiger partial charge on any atom is -0.528 e. The Kier molecular flexibility index (Phi) is 7.91. The Morgan fingerprint density at radius 1 is 1.05 bits per heavy atom. The van der Waals surface area contributed by atoms with Crippen LogP contribution in [0.5, 0.6) is 12.0 Å². The molecular weight excluding hydrogens is 525 g/mol. The molecule has 0 radical (unpaired) electrons. The number of benzene rings is 2. The molecule has 0 amide bonds. The predicted octanol–water partition coefficient (Wildman–Crippen LogP) is 5.33. The van der Waals surface area contributed by atoms with Gasteiger partial charge in [-0.15, -0.1) is 0 Å². The van der Waals surface area contributed by atoms with Crippen LogP contribution in [0.15, 0.2) is 70.1 Å². The van der Waals surface area contributed by atoms with Gasteiger partial charge in [0.05, 0.1) is 23.9 Å². The van der Waals surface area contributed by atoms with Gasteiger partial charge in [0.15, 0.2) is 11.9 Å². The number of pyridine rings is 1. The van der Waals surface area contributed by atoms with E-state index in [-0.39, 0.29) is 24.0 Å². The summed E-state index contributed by atoms with van der Waals surface area (Å²) < 4.78 is 27.4. The minimum atomic E-state index is -0.800. The molecule has 0 aliphatic carbocycles. The van der Waals surface area contributed by atoms with Crippen LogP contribution in [0.25, 0.3) is 33.6 Å². The average Bonchev–Trinajstić information content (AvgIpc) is 3.38. The van der Waals surface area contributed by atoms with Crippen LogP contribution in [-0.2, 0) is 13.0 Å². The molecule has 3 aromatic heterocycles. The first kappa shape index (κ1) is 27.7. The second kappa shape index (κ2) is 11.7. The molecule has 0 aliphatic rings. The normalized spacial score (nSPS) is 11.3. The van der Waals surface area contributed by atoms with Crippen molar-refractivity contribution in [2.75, 3.05) is 0 Å². The molecule has 0 fully saturated rings. The van der Waals surface area contributed by atoms with Gasteiger partial charge >= 0.3 is 0 Å². The summed E-state index contributed by atoms with van der Waals surface area (Å²) in [7, 11) is 0. The van der Waals surface area contributed by atoms with Gasteiger partial charge in [0, 0.05) is 35.4 Å². The fourth-order valence-electron chi connectivity index (χ4n) is 4.73. The third kappa shape index (κ3) is 5.86. The zero-order valence-electron chi connectivity index (χ0n) is 23.2. The van der Waals surface area contributed by atoms with E-state index >= 15 is 4.39 Å². The highest BCUT2D eigenvalue weighted by atomic mass is 19.1. The highest BCUT2D eigenvalue weighted by Crippen LogP contribution is 2.32. The molecule has 0 atom stereocenters. The van der Waals surface area contributed by atoms with E-state index in [4.69, 9.17) is 9.72 Å². The summed E-state index contributed by atoms with van der Waals surface area (Å²) in [6.07, 6.45) is 2.11. The predicted molar refractivity (Wildman–Crippen MR) is 150 cm³/mol. The molecule has 0 bridgehead atoms. The molecule has 0 saturated carbocycles. The Labute approximate surface area is 236 Å². The van der Waals surface area contributed by atoms with Gasteiger partial charge in [-0.05, 0) is 50.5 Å². The number of ether oxygens (including phenoxy) is 1. The molecule has 0 aliphatic heterocycles. The molecule has 0 saturated heterocycles. The second-order valence-electron chi connectivity index (χ2n) is 9.92. The van der Waals surface area contributed by atoms with Crippen LogP contribution in [0.2, 0.25) is 0 Å². The van der Waals surface area contributed by atoms with Gasteiger partial charge in [-0.2, -0.15) is 5.16 Å². The monoisotopic (exact) mass is 554 g/mol. The van der Waals surface area contributed by atoms with Gasteiger partial charge in [-0.25, -0.2) is 19.3 Å². The lowest BCUT2D eigenvalue weighted by molar-refractivity contribution is -0.303. The van der Waals surface area contributed by atoms with Crippen molar-refractivity contribution in [3.05, 3.63) is 94.0 Å². The van der Waals surface area contributed by atoms with Crippen LogP contribution in [0.1, 0.15) is 44.3 Å². The highest BCUT2D eigenvalue weighted by molar-refractivity contribution is 5.80. The smallest absolute Gasteiger partial charge is 0.262 e. The summed E-state index contributed by atoms with van der Waals surface area (Å²) in [6.45, 7) is 7.64. The van der Waals surface area contributed by atoms with E-state index in [1.807, 2.05) is 20.8 Å². The van der Waals surface area contributed by atoms with Crippen molar-refractivity contribution in [3.63, 3.8) is 0 Å². The van der Waals surface area contributed by atoms with Gasteiger partial charge in [-0.3, -0.25) is 9.36 Å². The molecule has 10 heteroatoms. The van der Waals surface area contributed by atoms with Crippen LogP contribution >= 0.6 is 0 Å². The van der Waals surface area contributed by atoms with Crippen LogP contribution in [0.3, 0.4) is 0 Å². The Morgan fingerprint density at radius 3 is 2.44 bits per heavy atom. The number of aromatic nitrogens is 5. The molecule has 0 spiro atoms. The minimum absolute atomic E-state index is 0.00850. The Balaban J connectivity index is 1.52. The van der Waals surface area contributed by atoms with Gasteiger partial charge in [0.1, 0.15) is 11.6 Å². The summed E-state index contributed by atoms with van der Waals surface area (Å²) in [5.74, 6) is 0.699. The maximum atomic E-state index is 15.6. The fourth-order valence-corrected chi connectivity index (χ4v) is 4.73. The first-order valence-electron chi connectivity index (χ1n) is 13.4. The molecule has 9 nitrogen and oxygen atoms in total. The molecule has 210 valence electrons. The van der Waals surface area contributed by atoms with E-state index in [1.54, 1.807) is 61.7 Å². The lowest BCUT2D eigenvalue weighted by Crippen LogP contribution is -2.28. The van der Waals surface area contributed by atoms with Gasteiger partial charge in [0.25, 0.3) is 5.56 Å². The van der Waals surface area contributed by atoms with Crippen molar-refractivity contribution in [2.45, 2.75) is 53.2 Å². The van der Waals surface area contributed by atoms with E-state index in [1.165, 1.54) is 10.6 Å². The van der Waals surface area contributed by atoms with Crippen LogP contribution in [0.4, 0.5) is 4.39 Å². The van der Waals surface area contributed by atoms with Gasteiger partial charge < -0.3 is 14.4 Å². The average molecular weight is 555 g/mol. The van der Waals surface area contributed by atoms with E-state index < -0.39 is 11.9 Å². The summed E-state index contributed by atoms with van der Waals surface area (Å²) in [6, 6.07) is 15.4. The Morgan fingerprint density at radius 2 is 1.80 bits per heavy atom. The first-order chi connectivity index (χ1) is 19.7. The number of hydrogen-bond donors (Lipinski definition) is 0. The molecule has 5 aromatic rings. The third-order valence-electron chi connectivity index (χ3n) is 6.55. The molecular formula is C31H29FN5O4-. The van der Waals surface area contributed by atoms with Crippen molar-refractivity contribution in [1.29, 1.82) is 0 Å². The van der Waals surface area contributed by atoms with Crippen LogP contribution in [0, 0.1) is 12.7 Å². The number of hydrogen-bond acceptors (Lipinski definition) is 8. The lowest BCUT2D eigenvalue weighted by Gasteiger charge is -2.17. The highest BCUT2D eigenvalue weighted by Gasteiger charge is 2.19. The van der Waals surface area contributed by atoms with Crippen LogP contribution in [-0.4, -0.2) is 30.8 Å². The van der Waals surface area contributed by atoms with E-state index in [0.29, 0.717) is 57.2 Å². The van der Waals surface area contributed by atoms with Gasteiger partial charge in [-0.1, -0.05) is 43.3 Å². The molecule has 0 N–H and O–H groups in total. The largest absolute Gasteiger partial charge is 0.528 e. The number of halogens is 1. The topological polar surface area (TPSA) is 119 Å². The molecule has 0 unspecified atom stereocenters. The Hall–Kier alpha value is -4.86. The summed E-state index contributed by atoms with van der Waals surface area (Å²) in [4.78, 5) is 26.7. The van der Waals surface area contributed by atoms with E-state index in [0.717, 1.165) is 6.42 Å². The number of rotatable bonds is 9. The third-order valence-corrected chi connectivity index (χ3v) is 6.55. The zero-order valence-corrected chi connectivity index (χ0v) is 23.2. The van der Waals surface area contributed by atoms with Gasteiger partial charge in [0.2, 0.25) is 5.88 Å². The quantitative estimate of drug-likeness (QED) is 0.240. The standard InChI is InChI=1S/C31H30FN5O4/c1-5-8-26-34-19(4)28(21-13-14-27(33-16-21)40-18(2)3)30(38)37(26)17-22-12-11-20(15-25(22)32)23-9-6-7-10-24(23)29-35-31(39)41-36-29/h6-7,9-16,18H,5,8,17H2,1-4H3,(H,35,36,39)/p-1. The van der Waals surface area contributed by atoms with Crippen LogP contribution < -0.4 is 15.4 Å². The van der Waals surface area contributed by atoms with Crippen molar-refractivity contribution < 1.29 is 18.8 Å².